The predicted octanol–water partition coefficient (Wildman–Crippen LogP) is 4.36. The molecule has 2 aromatic carbocycles. The van der Waals surface area contributed by atoms with E-state index in [0.29, 0.717) is 27.2 Å². The van der Waals surface area contributed by atoms with Gasteiger partial charge in [0.25, 0.3) is 5.91 Å². The highest BCUT2D eigenvalue weighted by Crippen LogP contribution is 2.26. The average molecular weight is 367 g/mol. The fourth-order valence-corrected chi connectivity index (χ4v) is 2.50. The molecular formula is C17H16Cl2N2O3. The fourth-order valence-electron chi connectivity index (χ4n) is 1.98. The number of carbonyl (C=O) groups excluding carboxylic acids is 2. The first-order valence-electron chi connectivity index (χ1n) is 7.15. The van der Waals surface area contributed by atoms with E-state index in [9.17, 15) is 9.59 Å². The van der Waals surface area contributed by atoms with Gasteiger partial charge in [-0.3, -0.25) is 9.59 Å². The van der Waals surface area contributed by atoms with Gasteiger partial charge < -0.3 is 15.4 Å². The summed E-state index contributed by atoms with van der Waals surface area (Å²) in [6, 6.07) is 11.6. The highest BCUT2D eigenvalue weighted by Gasteiger charge is 2.17. The summed E-state index contributed by atoms with van der Waals surface area (Å²) in [6.45, 7) is 3.00. The number of nitrogens with one attached hydrogen (secondary N) is 2. The summed E-state index contributed by atoms with van der Waals surface area (Å²) in [5, 5.41) is 6.17. The zero-order valence-electron chi connectivity index (χ0n) is 13.1. The molecular weight excluding hydrogens is 351 g/mol. The summed E-state index contributed by atoms with van der Waals surface area (Å²) >= 11 is 11.8. The first kappa shape index (κ1) is 18.1. The lowest BCUT2D eigenvalue weighted by atomic mass is 10.2. The van der Waals surface area contributed by atoms with Crippen molar-refractivity contribution in [2.45, 2.75) is 20.0 Å². The summed E-state index contributed by atoms with van der Waals surface area (Å²) in [5.74, 6) is -0.192. The number of amides is 2. The van der Waals surface area contributed by atoms with Gasteiger partial charge in [-0.05, 0) is 37.3 Å². The molecule has 0 spiro atoms. The zero-order valence-corrected chi connectivity index (χ0v) is 14.6. The Labute approximate surface area is 149 Å². The van der Waals surface area contributed by atoms with E-state index in [-0.39, 0.29) is 11.8 Å². The number of hydrogen-bond acceptors (Lipinski definition) is 3. The number of benzene rings is 2. The van der Waals surface area contributed by atoms with Crippen molar-refractivity contribution < 1.29 is 14.3 Å². The molecule has 0 aliphatic rings. The zero-order chi connectivity index (χ0) is 17.7. The third-order valence-electron chi connectivity index (χ3n) is 3.00. The van der Waals surface area contributed by atoms with E-state index in [2.05, 4.69) is 10.6 Å². The molecule has 1 unspecified atom stereocenters. The number of halogens is 2. The van der Waals surface area contributed by atoms with Crippen LogP contribution < -0.4 is 15.4 Å². The van der Waals surface area contributed by atoms with E-state index in [0.717, 1.165) is 0 Å². The number of para-hydroxylation sites is 2. The average Bonchev–Trinajstić information content (AvgIpc) is 2.47. The van der Waals surface area contributed by atoms with E-state index in [1.165, 1.54) is 6.92 Å². The van der Waals surface area contributed by atoms with Gasteiger partial charge >= 0.3 is 0 Å². The van der Waals surface area contributed by atoms with E-state index in [1.54, 1.807) is 49.4 Å². The van der Waals surface area contributed by atoms with Gasteiger partial charge in [0.15, 0.2) is 6.10 Å². The van der Waals surface area contributed by atoms with Crippen LogP contribution >= 0.6 is 23.2 Å². The second kappa shape index (κ2) is 8.04. The molecule has 0 radical (unpaired) electrons. The first-order chi connectivity index (χ1) is 11.3. The molecule has 0 bridgehead atoms. The summed E-state index contributed by atoms with van der Waals surface area (Å²) in [6.07, 6.45) is -0.794. The Morgan fingerprint density at radius 2 is 1.67 bits per heavy atom. The second-order valence-electron chi connectivity index (χ2n) is 5.08. The summed E-state index contributed by atoms with van der Waals surface area (Å²) in [7, 11) is 0. The number of hydrogen-bond donors (Lipinski definition) is 2. The molecule has 5 nitrogen and oxygen atoms in total. The van der Waals surface area contributed by atoms with Crippen molar-refractivity contribution in [3.8, 4) is 5.75 Å². The van der Waals surface area contributed by atoms with Gasteiger partial charge in [0, 0.05) is 22.7 Å². The summed E-state index contributed by atoms with van der Waals surface area (Å²) in [4.78, 5) is 23.5. The fraction of sp³-hybridized carbons (Fsp3) is 0.176. The van der Waals surface area contributed by atoms with E-state index < -0.39 is 6.10 Å². The Morgan fingerprint density at radius 1 is 1.04 bits per heavy atom. The molecule has 126 valence electrons. The third kappa shape index (κ3) is 5.15. The van der Waals surface area contributed by atoms with Crippen LogP contribution in [-0.4, -0.2) is 17.9 Å². The Balaban J connectivity index is 2.08. The van der Waals surface area contributed by atoms with Crippen molar-refractivity contribution in [2.75, 3.05) is 10.6 Å². The highest BCUT2D eigenvalue weighted by molar-refractivity contribution is 6.35. The molecule has 0 fully saturated rings. The van der Waals surface area contributed by atoms with Crippen molar-refractivity contribution in [1.29, 1.82) is 0 Å². The topological polar surface area (TPSA) is 67.4 Å². The Morgan fingerprint density at radius 3 is 2.29 bits per heavy atom. The van der Waals surface area contributed by atoms with Crippen molar-refractivity contribution in [1.82, 2.24) is 0 Å². The molecule has 0 aromatic heterocycles. The van der Waals surface area contributed by atoms with Crippen LogP contribution in [0.15, 0.2) is 42.5 Å². The smallest absolute Gasteiger partial charge is 0.265 e. The van der Waals surface area contributed by atoms with Gasteiger partial charge in [0.2, 0.25) is 5.91 Å². The Hall–Kier alpha value is -2.24. The van der Waals surface area contributed by atoms with Crippen LogP contribution in [0, 0.1) is 0 Å². The summed E-state index contributed by atoms with van der Waals surface area (Å²) in [5.41, 5.74) is 0.971. The van der Waals surface area contributed by atoms with Crippen LogP contribution in [0.25, 0.3) is 0 Å². The third-order valence-corrected chi connectivity index (χ3v) is 3.44. The van der Waals surface area contributed by atoms with Crippen LogP contribution in [0.4, 0.5) is 11.4 Å². The molecule has 2 aromatic rings. The van der Waals surface area contributed by atoms with Gasteiger partial charge in [0.05, 0.1) is 5.69 Å². The molecule has 0 aliphatic heterocycles. The van der Waals surface area contributed by atoms with Crippen molar-refractivity contribution in [3.05, 3.63) is 52.5 Å². The van der Waals surface area contributed by atoms with Crippen LogP contribution in [0.2, 0.25) is 10.0 Å². The van der Waals surface area contributed by atoms with Crippen molar-refractivity contribution in [2.24, 2.45) is 0 Å². The van der Waals surface area contributed by atoms with E-state index in [1.807, 2.05) is 0 Å². The molecule has 0 aliphatic carbocycles. The molecule has 0 saturated heterocycles. The molecule has 0 heterocycles. The van der Waals surface area contributed by atoms with Gasteiger partial charge in [-0.2, -0.15) is 0 Å². The second-order valence-corrected chi connectivity index (χ2v) is 5.96. The van der Waals surface area contributed by atoms with Crippen molar-refractivity contribution in [3.63, 3.8) is 0 Å². The number of anilines is 2. The minimum atomic E-state index is -0.794. The molecule has 1 atom stereocenters. The van der Waals surface area contributed by atoms with Gasteiger partial charge in [-0.15, -0.1) is 0 Å². The lowest BCUT2D eigenvalue weighted by Gasteiger charge is -2.17. The quantitative estimate of drug-likeness (QED) is 0.825. The van der Waals surface area contributed by atoms with Gasteiger partial charge in [0.1, 0.15) is 5.75 Å². The maximum absolute atomic E-state index is 12.3. The van der Waals surface area contributed by atoms with Gasteiger partial charge in [-0.25, -0.2) is 0 Å². The standard InChI is InChI=1S/C17H16Cl2N2O3/c1-10(17(23)21-14-8-12(18)7-13(19)9-14)24-16-6-4-3-5-15(16)20-11(2)22/h3-10H,1-2H3,(H,20,22)(H,21,23). The Kier molecular flexibility index (Phi) is 6.06. The van der Waals surface area contributed by atoms with Crippen LogP contribution in [0.5, 0.6) is 5.75 Å². The Bertz CT molecular complexity index is 745. The number of ether oxygens (including phenoxy) is 1. The molecule has 7 heteroatoms. The van der Waals surface area contributed by atoms with Crippen LogP contribution in [0.3, 0.4) is 0 Å². The SMILES string of the molecule is CC(=O)Nc1ccccc1OC(C)C(=O)Nc1cc(Cl)cc(Cl)c1. The maximum atomic E-state index is 12.3. The van der Waals surface area contributed by atoms with Crippen molar-refractivity contribution >= 4 is 46.4 Å². The van der Waals surface area contributed by atoms with Crippen LogP contribution in [0.1, 0.15) is 13.8 Å². The summed E-state index contributed by atoms with van der Waals surface area (Å²) < 4.78 is 5.65. The molecule has 2 rings (SSSR count). The molecule has 2 N–H and O–H groups in total. The number of rotatable bonds is 5. The lowest BCUT2D eigenvalue weighted by Crippen LogP contribution is -2.30. The largest absolute Gasteiger partial charge is 0.479 e. The molecule has 0 saturated carbocycles. The first-order valence-corrected chi connectivity index (χ1v) is 7.91. The maximum Gasteiger partial charge on any atom is 0.265 e. The predicted molar refractivity (Wildman–Crippen MR) is 95.9 cm³/mol. The van der Waals surface area contributed by atoms with E-state index >= 15 is 0 Å². The normalized spacial score (nSPS) is 11.5. The molecule has 24 heavy (non-hydrogen) atoms. The van der Waals surface area contributed by atoms with Crippen LogP contribution in [-0.2, 0) is 9.59 Å². The minimum Gasteiger partial charge on any atom is -0.479 e. The minimum absolute atomic E-state index is 0.225. The molecule has 2 amide bonds. The monoisotopic (exact) mass is 366 g/mol. The number of carbonyl (C=O) groups is 2. The highest BCUT2D eigenvalue weighted by atomic mass is 35.5. The lowest BCUT2D eigenvalue weighted by molar-refractivity contribution is -0.122. The van der Waals surface area contributed by atoms with Gasteiger partial charge in [-0.1, -0.05) is 35.3 Å². The van der Waals surface area contributed by atoms with E-state index in [4.69, 9.17) is 27.9 Å².